The first kappa shape index (κ1) is 18.1. The molecule has 0 aliphatic heterocycles. The molecular formula is C27H20N2O. The Bertz CT molecular complexity index is 1460. The quantitative estimate of drug-likeness (QED) is 0.379. The van der Waals surface area contributed by atoms with Crippen LogP contribution in [0.2, 0.25) is 0 Å². The number of aromatic nitrogens is 2. The lowest BCUT2D eigenvalue weighted by Crippen LogP contribution is -2.22. The lowest BCUT2D eigenvalue weighted by molar-refractivity contribution is 0.943. The van der Waals surface area contributed by atoms with E-state index in [2.05, 4.69) is 24.3 Å². The number of hydrogen-bond donors (Lipinski definition) is 0. The van der Waals surface area contributed by atoms with Crippen molar-refractivity contribution in [3.63, 3.8) is 0 Å². The Morgan fingerprint density at radius 3 is 2.27 bits per heavy atom. The maximum Gasteiger partial charge on any atom is 0.266 e. The van der Waals surface area contributed by atoms with Gasteiger partial charge in [-0.25, -0.2) is 4.98 Å². The van der Waals surface area contributed by atoms with Crippen LogP contribution in [0.5, 0.6) is 0 Å². The molecule has 4 aromatic carbocycles. The third-order valence-corrected chi connectivity index (χ3v) is 5.33. The van der Waals surface area contributed by atoms with Gasteiger partial charge in [-0.2, -0.15) is 0 Å². The molecule has 5 aromatic rings. The van der Waals surface area contributed by atoms with E-state index in [9.17, 15) is 4.79 Å². The molecule has 0 aliphatic carbocycles. The van der Waals surface area contributed by atoms with Gasteiger partial charge in [-0.05, 0) is 53.6 Å². The Morgan fingerprint density at radius 2 is 1.43 bits per heavy atom. The Morgan fingerprint density at radius 1 is 0.733 bits per heavy atom. The first-order valence-corrected chi connectivity index (χ1v) is 9.95. The third-order valence-electron chi connectivity index (χ3n) is 5.33. The molecule has 0 fully saturated rings. The summed E-state index contributed by atoms with van der Waals surface area (Å²) in [5.74, 6) is 0.607. The molecule has 0 aliphatic rings. The van der Waals surface area contributed by atoms with Crippen molar-refractivity contribution in [1.29, 1.82) is 0 Å². The van der Waals surface area contributed by atoms with E-state index in [0.717, 1.165) is 16.8 Å². The number of aryl methyl sites for hydroxylation is 1. The standard InChI is InChI=1S/C27H20N2O/c1-19-13-16-22(17-14-19)29-26(28-25-12-5-4-11-24(25)27(29)30)18-15-21-9-6-8-20-7-2-3-10-23(20)21/h2-18H,1H3/b18-15+. The van der Waals surface area contributed by atoms with Crippen LogP contribution in [0, 0.1) is 6.92 Å². The van der Waals surface area contributed by atoms with Gasteiger partial charge in [-0.3, -0.25) is 9.36 Å². The summed E-state index contributed by atoms with van der Waals surface area (Å²) in [6.07, 6.45) is 3.96. The summed E-state index contributed by atoms with van der Waals surface area (Å²) in [6.45, 7) is 2.03. The molecule has 0 amide bonds. The maximum absolute atomic E-state index is 13.3. The molecule has 30 heavy (non-hydrogen) atoms. The number of rotatable bonds is 3. The van der Waals surface area contributed by atoms with E-state index < -0.39 is 0 Å². The van der Waals surface area contributed by atoms with Gasteiger partial charge in [0.2, 0.25) is 0 Å². The molecule has 0 atom stereocenters. The fourth-order valence-electron chi connectivity index (χ4n) is 3.77. The SMILES string of the molecule is Cc1ccc(-n2c(/C=C/c3cccc4ccccc34)nc3ccccc3c2=O)cc1. The number of nitrogens with zero attached hydrogens (tertiary/aromatic N) is 2. The second kappa shape index (κ2) is 7.45. The van der Waals surface area contributed by atoms with Gasteiger partial charge in [-0.1, -0.05) is 78.4 Å². The van der Waals surface area contributed by atoms with Gasteiger partial charge < -0.3 is 0 Å². The summed E-state index contributed by atoms with van der Waals surface area (Å²) >= 11 is 0. The summed E-state index contributed by atoms with van der Waals surface area (Å²) in [5.41, 5.74) is 3.67. The minimum atomic E-state index is -0.0676. The van der Waals surface area contributed by atoms with Crippen LogP contribution in [0.4, 0.5) is 0 Å². The van der Waals surface area contributed by atoms with Crippen LogP contribution in [0.25, 0.3) is 39.5 Å². The highest BCUT2D eigenvalue weighted by Crippen LogP contribution is 2.21. The third kappa shape index (κ3) is 3.20. The predicted molar refractivity (Wildman–Crippen MR) is 125 cm³/mol. The molecule has 0 unspecified atom stereocenters. The zero-order valence-electron chi connectivity index (χ0n) is 16.6. The molecular weight excluding hydrogens is 368 g/mol. The molecule has 1 heterocycles. The molecule has 0 bridgehead atoms. The number of fused-ring (bicyclic) bond motifs is 2. The minimum absolute atomic E-state index is 0.0676. The van der Waals surface area contributed by atoms with E-state index in [1.807, 2.05) is 85.8 Å². The molecule has 0 spiro atoms. The highest BCUT2D eigenvalue weighted by atomic mass is 16.1. The van der Waals surface area contributed by atoms with Crippen molar-refractivity contribution in [3.05, 3.63) is 118 Å². The lowest BCUT2D eigenvalue weighted by atomic mass is 10.0. The van der Waals surface area contributed by atoms with Gasteiger partial charge in [0, 0.05) is 0 Å². The number of benzene rings is 4. The minimum Gasteiger partial charge on any atom is -0.268 e. The smallest absolute Gasteiger partial charge is 0.266 e. The van der Waals surface area contributed by atoms with Crippen LogP contribution in [-0.4, -0.2) is 9.55 Å². The zero-order chi connectivity index (χ0) is 20.5. The summed E-state index contributed by atoms with van der Waals surface area (Å²) in [6, 6.07) is 29.9. The Balaban J connectivity index is 1.73. The molecule has 0 saturated carbocycles. The van der Waals surface area contributed by atoms with Crippen molar-refractivity contribution in [2.45, 2.75) is 6.92 Å². The van der Waals surface area contributed by atoms with Crippen molar-refractivity contribution >= 4 is 33.8 Å². The van der Waals surface area contributed by atoms with E-state index in [1.165, 1.54) is 10.8 Å². The second-order valence-electron chi connectivity index (χ2n) is 7.36. The average molecular weight is 388 g/mol. The Kier molecular flexibility index (Phi) is 4.49. The van der Waals surface area contributed by atoms with Gasteiger partial charge in [0.1, 0.15) is 5.82 Å². The van der Waals surface area contributed by atoms with E-state index in [4.69, 9.17) is 4.98 Å². The Hall–Kier alpha value is -3.98. The summed E-state index contributed by atoms with van der Waals surface area (Å²) in [4.78, 5) is 18.2. The van der Waals surface area contributed by atoms with E-state index in [1.54, 1.807) is 4.57 Å². The molecule has 0 saturated heterocycles. The van der Waals surface area contributed by atoms with Gasteiger partial charge in [0.25, 0.3) is 5.56 Å². The molecule has 5 rings (SSSR count). The first-order valence-electron chi connectivity index (χ1n) is 9.95. The molecule has 0 N–H and O–H groups in total. The van der Waals surface area contributed by atoms with Crippen LogP contribution < -0.4 is 5.56 Å². The zero-order valence-corrected chi connectivity index (χ0v) is 16.6. The van der Waals surface area contributed by atoms with Gasteiger partial charge >= 0.3 is 0 Å². The summed E-state index contributed by atoms with van der Waals surface area (Å²) < 4.78 is 1.68. The molecule has 3 heteroatoms. The fraction of sp³-hybridized carbons (Fsp3) is 0.0370. The van der Waals surface area contributed by atoms with Crippen molar-refractivity contribution in [1.82, 2.24) is 9.55 Å². The van der Waals surface area contributed by atoms with Crippen LogP contribution >= 0.6 is 0 Å². The number of para-hydroxylation sites is 1. The second-order valence-corrected chi connectivity index (χ2v) is 7.36. The number of hydrogen-bond acceptors (Lipinski definition) is 2. The van der Waals surface area contributed by atoms with Gasteiger partial charge in [0.05, 0.1) is 16.6 Å². The van der Waals surface area contributed by atoms with Crippen molar-refractivity contribution in [2.75, 3.05) is 0 Å². The highest BCUT2D eigenvalue weighted by molar-refractivity contribution is 5.92. The fourth-order valence-corrected chi connectivity index (χ4v) is 3.77. The Labute approximate surface area is 174 Å². The average Bonchev–Trinajstić information content (AvgIpc) is 2.79. The van der Waals surface area contributed by atoms with Crippen LogP contribution in [0.3, 0.4) is 0 Å². The van der Waals surface area contributed by atoms with E-state index >= 15 is 0 Å². The predicted octanol–water partition coefficient (Wildman–Crippen LogP) is 6.02. The van der Waals surface area contributed by atoms with Crippen LogP contribution in [-0.2, 0) is 0 Å². The summed E-state index contributed by atoms with van der Waals surface area (Å²) in [5, 5.41) is 2.96. The lowest BCUT2D eigenvalue weighted by Gasteiger charge is -2.12. The highest BCUT2D eigenvalue weighted by Gasteiger charge is 2.11. The first-order chi connectivity index (χ1) is 14.7. The molecule has 1 aromatic heterocycles. The topological polar surface area (TPSA) is 34.9 Å². The van der Waals surface area contributed by atoms with Gasteiger partial charge in [-0.15, -0.1) is 0 Å². The monoisotopic (exact) mass is 388 g/mol. The van der Waals surface area contributed by atoms with Crippen molar-refractivity contribution < 1.29 is 0 Å². The molecule has 0 radical (unpaired) electrons. The van der Waals surface area contributed by atoms with Crippen LogP contribution in [0.15, 0.2) is 95.8 Å². The molecule has 3 nitrogen and oxygen atoms in total. The van der Waals surface area contributed by atoms with Crippen LogP contribution in [0.1, 0.15) is 17.0 Å². The van der Waals surface area contributed by atoms with E-state index in [0.29, 0.717) is 16.7 Å². The van der Waals surface area contributed by atoms with Gasteiger partial charge in [0.15, 0.2) is 0 Å². The van der Waals surface area contributed by atoms with Crippen molar-refractivity contribution in [2.24, 2.45) is 0 Å². The summed E-state index contributed by atoms with van der Waals surface area (Å²) in [7, 11) is 0. The van der Waals surface area contributed by atoms with E-state index in [-0.39, 0.29) is 5.56 Å². The normalized spacial score (nSPS) is 11.5. The largest absolute Gasteiger partial charge is 0.268 e. The maximum atomic E-state index is 13.3. The van der Waals surface area contributed by atoms with Crippen molar-refractivity contribution in [3.8, 4) is 5.69 Å². The molecule has 144 valence electrons.